The van der Waals surface area contributed by atoms with Crippen LogP contribution in [0.1, 0.15) is 174 Å². The summed E-state index contributed by atoms with van der Waals surface area (Å²) in [5, 5.41) is 3.41. The Bertz CT molecular complexity index is 907. The number of nitrogens with one attached hydrogen (secondary N) is 1. The molecule has 0 fully saturated rings. The van der Waals surface area contributed by atoms with E-state index in [2.05, 4.69) is 102 Å². The Labute approximate surface area is 335 Å². The van der Waals surface area contributed by atoms with Crippen molar-refractivity contribution in [2.24, 2.45) is 0 Å². The standard InChI is InChI=1S/C45H93NO4Si3/c1-12-14-16-18-20-22-24-26-28-29-31-33-35-37-39-43(49-52(6,7)8)42(41-48-51(3,4)5)46-45(47)44(50-53(9,10)11)40-38-36-34-32-30-27-25-23-21-19-17-15-13-2/h33,35,37,39,42-44H,12-32,34,36,38,40-41H2,1-11H3,(H,46,47)/b35-33+,39-37+. The third kappa shape index (κ3) is 36.9. The predicted molar refractivity (Wildman–Crippen MR) is 243 cm³/mol. The van der Waals surface area contributed by atoms with Crippen LogP contribution in [0.25, 0.3) is 0 Å². The minimum atomic E-state index is -1.94. The van der Waals surface area contributed by atoms with Crippen LogP contribution < -0.4 is 5.32 Å². The molecule has 1 N–H and O–H groups in total. The lowest BCUT2D eigenvalue weighted by Gasteiger charge is -2.34. The molecule has 0 radical (unpaired) electrons. The number of amides is 1. The summed E-state index contributed by atoms with van der Waals surface area (Å²) in [6, 6.07) is -0.271. The molecule has 0 aliphatic heterocycles. The topological polar surface area (TPSA) is 56.8 Å². The first-order chi connectivity index (χ1) is 25.1. The van der Waals surface area contributed by atoms with Crippen LogP contribution in [0.5, 0.6) is 0 Å². The fraction of sp³-hybridized carbons (Fsp3) is 0.889. The van der Waals surface area contributed by atoms with Gasteiger partial charge in [-0.15, -0.1) is 0 Å². The zero-order valence-corrected chi connectivity index (χ0v) is 40.6. The molecular weight excluding hydrogens is 703 g/mol. The minimum Gasteiger partial charge on any atom is -0.415 e. The van der Waals surface area contributed by atoms with Crippen LogP contribution in [0.3, 0.4) is 0 Å². The fourth-order valence-corrected chi connectivity index (χ4v) is 9.43. The predicted octanol–water partition coefficient (Wildman–Crippen LogP) is 14.7. The van der Waals surface area contributed by atoms with Gasteiger partial charge in [0.25, 0.3) is 0 Å². The monoisotopic (exact) mass is 796 g/mol. The molecule has 0 aromatic rings. The van der Waals surface area contributed by atoms with E-state index in [1.165, 1.54) is 135 Å². The Morgan fingerprint density at radius 1 is 0.528 bits per heavy atom. The maximum absolute atomic E-state index is 14.0. The summed E-state index contributed by atoms with van der Waals surface area (Å²) in [7, 11) is -5.69. The van der Waals surface area contributed by atoms with Crippen molar-refractivity contribution < 1.29 is 18.1 Å². The van der Waals surface area contributed by atoms with Crippen LogP contribution in [0.2, 0.25) is 58.9 Å². The van der Waals surface area contributed by atoms with Crippen LogP contribution in [-0.4, -0.2) is 55.7 Å². The third-order valence-electron chi connectivity index (χ3n) is 9.54. The van der Waals surface area contributed by atoms with E-state index in [1.807, 2.05) is 0 Å². The molecule has 53 heavy (non-hydrogen) atoms. The molecule has 1 amide bonds. The van der Waals surface area contributed by atoms with Crippen LogP contribution in [-0.2, 0) is 18.1 Å². The van der Waals surface area contributed by atoms with Gasteiger partial charge in [0.05, 0.1) is 18.8 Å². The van der Waals surface area contributed by atoms with Crippen molar-refractivity contribution in [1.82, 2.24) is 5.32 Å². The highest BCUT2D eigenvalue weighted by Crippen LogP contribution is 2.20. The molecule has 0 aliphatic rings. The van der Waals surface area contributed by atoms with E-state index in [9.17, 15) is 4.79 Å². The van der Waals surface area contributed by atoms with E-state index in [0.29, 0.717) is 6.61 Å². The van der Waals surface area contributed by atoms with Crippen molar-refractivity contribution in [2.75, 3.05) is 6.61 Å². The van der Waals surface area contributed by atoms with Crippen LogP contribution in [0, 0.1) is 0 Å². The number of allylic oxidation sites excluding steroid dienone is 3. The van der Waals surface area contributed by atoms with Gasteiger partial charge in [-0.2, -0.15) is 0 Å². The van der Waals surface area contributed by atoms with Crippen molar-refractivity contribution in [3.05, 3.63) is 24.3 Å². The molecular formula is C45H93NO4Si3. The van der Waals surface area contributed by atoms with Crippen LogP contribution >= 0.6 is 0 Å². The van der Waals surface area contributed by atoms with Gasteiger partial charge in [-0.25, -0.2) is 0 Å². The van der Waals surface area contributed by atoms with E-state index in [-0.39, 0.29) is 18.1 Å². The summed E-state index contributed by atoms with van der Waals surface area (Å²) in [5.74, 6) is -0.00962. The summed E-state index contributed by atoms with van der Waals surface area (Å²) < 4.78 is 19.8. The van der Waals surface area contributed by atoms with Gasteiger partial charge < -0.3 is 18.6 Å². The third-order valence-corrected chi connectivity index (χ3v) is 12.5. The summed E-state index contributed by atoms with van der Waals surface area (Å²) in [5.41, 5.74) is 0. The lowest BCUT2D eigenvalue weighted by molar-refractivity contribution is -0.130. The Morgan fingerprint density at radius 3 is 1.36 bits per heavy atom. The molecule has 0 spiro atoms. The van der Waals surface area contributed by atoms with Gasteiger partial charge in [0, 0.05) is 0 Å². The minimum absolute atomic E-state index is 0.00962. The molecule has 5 nitrogen and oxygen atoms in total. The lowest BCUT2D eigenvalue weighted by atomic mass is 10.0. The van der Waals surface area contributed by atoms with E-state index in [0.717, 1.165) is 25.7 Å². The number of carbonyl (C=O) groups excluding carboxylic acids is 1. The van der Waals surface area contributed by atoms with Gasteiger partial charge in [0.1, 0.15) is 6.10 Å². The van der Waals surface area contributed by atoms with Gasteiger partial charge in [-0.1, -0.05) is 179 Å². The van der Waals surface area contributed by atoms with Crippen LogP contribution in [0.15, 0.2) is 24.3 Å². The Balaban J connectivity index is 5.20. The lowest BCUT2D eigenvalue weighted by Crippen LogP contribution is -2.54. The Morgan fingerprint density at radius 2 is 0.943 bits per heavy atom. The van der Waals surface area contributed by atoms with Gasteiger partial charge in [-0.05, 0) is 78.2 Å². The zero-order valence-electron chi connectivity index (χ0n) is 37.6. The second-order valence-electron chi connectivity index (χ2n) is 18.8. The molecule has 0 bridgehead atoms. The highest BCUT2D eigenvalue weighted by Gasteiger charge is 2.33. The number of hydrogen-bond donors (Lipinski definition) is 1. The molecule has 3 atom stereocenters. The van der Waals surface area contributed by atoms with Crippen molar-refractivity contribution >= 4 is 30.9 Å². The van der Waals surface area contributed by atoms with E-state index in [1.54, 1.807) is 0 Å². The average molecular weight is 796 g/mol. The first-order valence-electron chi connectivity index (χ1n) is 22.7. The SMILES string of the molecule is CCCCCCCCCCCC/C=C/C=C/C(O[Si](C)(C)C)C(CO[Si](C)(C)C)NC(=O)C(CCCCCCCCCCCCCCC)O[Si](C)(C)C. The highest BCUT2D eigenvalue weighted by atomic mass is 28.4. The Hall–Kier alpha value is -0.519. The summed E-state index contributed by atoms with van der Waals surface area (Å²) in [6.45, 7) is 24.9. The number of rotatable bonds is 37. The van der Waals surface area contributed by atoms with Gasteiger partial charge in [-0.3, -0.25) is 4.79 Å². The van der Waals surface area contributed by atoms with E-state index < -0.39 is 31.1 Å². The molecule has 0 rings (SSSR count). The molecule has 8 heteroatoms. The molecule has 0 saturated carbocycles. The molecule has 0 aromatic heterocycles. The zero-order chi connectivity index (χ0) is 39.9. The summed E-state index contributed by atoms with van der Waals surface area (Å²) in [4.78, 5) is 14.0. The van der Waals surface area contributed by atoms with Crippen molar-refractivity contribution in [1.29, 1.82) is 0 Å². The quantitative estimate of drug-likeness (QED) is 0.0386. The van der Waals surface area contributed by atoms with Gasteiger partial charge >= 0.3 is 0 Å². The number of unbranched alkanes of at least 4 members (excludes halogenated alkanes) is 22. The maximum Gasteiger partial charge on any atom is 0.248 e. The first kappa shape index (κ1) is 52.5. The van der Waals surface area contributed by atoms with Crippen LogP contribution in [0.4, 0.5) is 0 Å². The number of carbonyl (C=O) groups is 1. The second kappa shape index (κ2) is 32.6. The maximum atomic E-state index is 14.0. The smallest absolute Gasteiger partial charge is 0.248 e. The van der Waals surface area contributed by atoms with Crippen molar-refractivity contribution in [3.8, 4) is 0 Å². The molecule has 3 unspecified atom stereocenters. The first-order valence-corrected chi connectivity index (χ1v) is 32.9. The fourth-order valence-electron chi connectivity index (χ4n) is 6.61. The van der Waals surface area contributed by atoms with Crippen molar-refractivity contribution in [2.45, 2.75) is 252 Å². The highest BCUT2D eigenvalue weighted by molar-refractivity contribution is 6.70. The number of hydrogen-bond acceptors (Lipinski definition) is 4. The summed E-state index contributed by atoms with van der Waals surface area (Å²) in [6.07, 6.45) is 40.7. The van der Waals surface area contributed by atoms with Crippen molar-refractivity contribution in [3.63, 3.8) is 0 Å². The molecule has 0 heterocycles. The molecule has 0 aromatic carbocycles. The molecule has 314 valence electrons. The summed E-state index contributed by atoms with van der Waals surface area (Å²) >= 11 is 0. The average Bonchev–Trinajstić information content (AvgIpc) is 3.06. The molecule has 0 aliphatic carbocycles. The van der Waals surface area contributed by atoms with Gasteiger partial charge in [0.15, 0.2) is 25.0 Å². The second-order valence-corrected chi connectivity index (χ2v) is 32.2. The molecule has 0 saturated heterocycles. The van der Waals surface area contributed by atoms with Gasteiger partial charge in [0.2, 0.25) is 5.91 Å². The normalized spacial score (nSPS) is 14.7. The largest absolute Gasteiger partial charge is 0.415 e. The van der Waals surface area contributed by atoms with E-state index >= 15 is 0 Å². The van der Waals surface area contributed by atoms with E-state index in [4.69, 9.17) is 13.3 Å². The Kier molecular flexibility index (Phi) is 32.2.